The van der Waals surface area contributed by atoms with E-state index in [4.69, 9.17) is 27.9 Å². The van der Waals surface area contributed by atoms with Crippen LogP contribution in [0.5, 0.6) is 5.75 Å². The van der Waals surface area contributed by atoms with Crippen molar-refractivity contribution in [2.75, 3.05) is 25.6 Å². The lowest BCUT2D eigenvalue weighted by molar-refractivity contribution is -0.139. The zero-order valence-corrected chi connectivity index (χ0v) is 15.8. The van der Waals surface area contributed by atoms with E-state index in [1.807, 2.05) is 0 Å². The Kier molecular flexibility index (Phi) is 7.45. The van der Waals surface area contributed by atoms with E-state index in [-0.39, 0.29) is 18.7 Å². The number of carbonyl (C=O) groups excluding carboxylic acids is 3. The van der Waals surface area contributed by atoms with E-state index in [0.717, 1.165) is 0 Å². The Morgan fingerprint density at radius 2 is 1.85 bits per heavy atom. The van der Waals surface area contributed by atoms with Gasteiger partial charge in [-0.05, 0) is 36.4 Å². The summed E-state index contributed by atoms with van der Waals surface area (Å²) >= 11 is 11.8. The first-order chi connectivity index (χ1) is 12.9. The molecule has 27 heavy (non-hydrogen) atoms. The van der Waals surface area contributed by atoms with E-state index >= 15 is 0 Å². The molecule has 2 amide bonds. The second-order valence-corrected chi connectivity index (χ2v) is 6.09. The number of anilines is 1. The van der Waals surface area contributed by atoms with E-state index in [0.29, 0.717) is 21.5 Å². The molecule has 0 bridgehead atoms. The zero-order chi connectivity index (χ0) is 19.8. The summed E-state index contributed by atoms with van der Waals surface area (Å²) in [5, 5.41) is 5.77. The molecule has 7 nitrogen and oxygen atoms in total. The summed E-state index contributed by atoms with van der Waals surface area (Å²) < 4.78 is 9.80. The third-order valence-corrected chi connectivity index (χ3v) is 3.81. The Morgan fingerprint density at radius 1 is 1.07 bits per heavy atom. The highest BCUT2D eigenvalue weighted by Gasteiger charge is 2.11. The van der Waals surface area contributed by atoms with Crippen LogP contribution < -0.4 is 15.4 Å². The molecule has 0 fully saturated rings. The van der Waals surface area contributed by atoms with Crippen LogP contribution in [0.2, 0.25) is 10.0 Å². The highest BCUT2D eigenvalue weighted by molar-refractivity contribution is 6.35. The quantitative estimate of drug-likeness (QED) is 0.684. The van der Waals surface area contributed by atoms with Crippen LogP contribution in [0, 0.1) is 0 Å². The summed E-state index contributed by atoms with van der Waals surface area (Å²) in [5.74, 6) is -1.15. The maximum atomic E-state index is 12.0. The molecule has 0 aromatic heterocycles. The molecule has 2 aromatic rings. The molecule has 142 valence electrons. The van der Waals surface area contributed by atoms with E-state index in [9.17, 15) is 14.4 Å². The maximum Gasteiger partial charge on any atom is 0.325 e. The second kappa shape index (κ2) is 9.80. The number of methoxy groups -OCH3 is 1. The minimum Gasteiger partial charge on any atom is -0.482 e. The maximum absolute atomic E-state index is 12.0. The number of benzene rings is 2. The smallest absolute Gasteiger partial charge is 0.325 e. The van der Waals surface area contributed by atoms with Gasteiger partial charge >= 0.3 is 5.97 Å². The van der Waals surface area contributed by atoms with Crippen molar-refractivity contribution in [3.05, 3.63) is 58.1 Å². The summed E-state index contributed by atoms with van der Waals surface area (Å²) in [5.41, 5.74) is 0.676. The largest absolute Gasteiger partial charge is 0.482 e. The third kappa shape index (κ3) is 6.47. The van der Waals surface area contributed by atoms with Crippen LogP contribution in [0.4, 0.5) is 5.69 Å². The fourth-order valence-electron chi connectivity index (χ4n) is 2.00. The number of hydrogen-bond donors (Lipinski definition) is 2. The lowest BCUT2D eigenvalue weighted by Gasteiger charge is -2.10. The predicted octanol–water partition coefficient (Wildman–Crippen LogP) is 2.91. The van der Waals surface area contributed by atoms with E-state index in [2.05, 4.69) is 15.4 Å². The normalized spacial score (nSPS) is 10.0. The molecular formula is C18H16Cl2N2O5. The Morgan fingerprint density at radius 3 is 2.56 bits per heavy atom. The van der Waals surface area contributed by atoms with Gasteiger partial charge in [0.1, 0.15) is 12.3 Å². The van der Waals surface area contributed by atoms with Crippen molar-refractivity contribution in [3.8, 4) is 5.75 Å². The van der Waals surface area contributed by atoms with Crippen LogP contribution in [-0.2, 0) is 14.3 Å². The number of esters is 1. The van der Waals surface area contributed by atoms with Gasteiger partial charge in [-0.1, -0.05) is 29.3 Å². The molecule has 2 rings (SSSR count). The molecule has 0 aliphatic heterocycles. The minimum atomic E-state index is -0.564. The van der Waals surface area contributed by atoms with Crippen LogP contribution in [0.15, 0.2) is 42.5 Å². The molecule has 2 N–H and O–H groups in total. The zero-order valence-electron chi connectivity index (χ0n) is 14.3. The van der Waals surface area contributed by atoms with Crippen molar-refractivity contribution in [1.29, 1.82) is 0 Å². The SMILES string of the molecule is COC(=O)CNC(=O)c1cccc(NC(=O)COc2ccc(Cl)cc2Cl)c1. The van der Waals surface area contributed by atoms with Gasteiger partial charge in [0.05, 0.1) is 12.1 Å². The van der Waals surface area contributed by atoms with Crippen molar-refractivity contribution in [3.63, 3.8) is 0 Å². The number of nitrogens with one attached hydrogen (secondary N) is 2. The highest BCUT2D eigenvalue weighted by Crippen LogP contribution is 2.27. The van der Waals surface area contributed by atoms with Gasteiger partial charge in [-0.3, -0.25) is 14.4 Å². The average Bonchev–Trinajstić information content (AvgIpc) is 2.65. The van der Waals surface area contributed by atoms with Crippen molar-refractivity contribution in [2.24, 2.45) is 0 Å². The molecule has 0 atom stereocenters. The molecule has 0 saturated carbocycles. The van der Waals surface area contributed by atoms with E-state index < -0.39 is 17.8 Å². The molecule has 0 heterocycles. The van der Waals surface area contributed by atoms with Crippen LogP contribution in [0.3, 0.4) is 0 Å². The molecule has 0 radical (unpaired) electrons. The Bertz CT molecular complexity index is 857. The Hall–Kier alpha value is -2.77. The summed E-state index contributed by atoms with van der Waals surface area (Å²) in [6, 6.07) is 10.9. The standard InChI is InChI=1S/C18H16Cl2N2O5/c1-26-17(24)9-21-18(25)11-3-2-4-13(7-11)22-16(23)10-27-15-6-5-12(19)8-14(15)20/h2-8H,9-10H2,1H3,(H,21,25)(H,22,23). The Labute approximate surface area is 165 Å². The first-order valence-electron chi connectivity index (χ1n) is 7.72. The fraction of sp³-hybridized carbons (Fsp3) is 0.167. The number of hydrogen-bond acceptors (Lipinski definition) is 5. The van der Waals surface area contributed by atoms with Gasteiger partial charge in [-0.15, -0.1) is 0 Å². The van der Waals surface area contributed by atoms with Crippen LogP contribution >= 0.6 is 23.2 Å². The number of amides is 2. The fourth-order valence-corrected chi connectivity index (χ4v) is 2.46. The predicted molar refractivity (Wildman–Crippen MR) is 101 cm³/mol. The molecule has 0 unspecified atom stereocenters. The molecule has 2 aromatic carbocycles. The van der Waals surface area contributed by atoms with E-state index in [1.165, 1.54) is 19.2 Å². The molecule has 0 aliphatic carbocycles. The van der Waals surface area contributed by atoms with Crippen molar-refractivity contribution >= 4 is 46.7 Å². The average molecular weight is 411 g/mol. The van der Waals surface area contributed by atoms with Crippen LogP contribution in [-0.4, -0.2) is 38.0 Å². The lowest BCUT2D eigenvalue weighted by Crippen LogP contribution is -2.30. The summed E-state index contributed by atoms with van der Waals surface area (Å²) in [7, 11) is 1.23. The van der Waals surface area contributed by atoms with E-state index in [1.54, 1.807) is 30.3 Å². The third-order valence-electron chi connectivity index (χ3n) is 3.28. The summed E-state index contributed by atoms with van der Waals surface area (Å²) in [6.45, 7) is -0.526. The first kappa shape index (κ1) is 20.5. The van der Waals surface area contributed by atoms with Gasteiger partial charge in [0.15, 0.2) is 6.61 Å². The second-order valence-electron chi connectivity index (χ2n) is 5.25. The van der Waals surface area contributed by atoms with Crippen LogP contribution in [0.1, 0.15) is 10.4 Å². The molecule has 0 spiro atoms. The van der Waals surface area contributed by atoms with Gasteiger partial charge < -0.3 is 20.1 Å². The molecule has 0 saturated heterocycles. The van der Waals surface area contributed by atoms with Gasteiger partial charge in [-0.25, -0.2) is 0 Å². The van der Waals surface area contributed by atoms with Gasteiger partial charge in [-0.2, -0.15) is 0 Å². The van der Waals surface area contributed by atoms with Gasteiger partial charge in [0, 0.05) is 16.3 Å². The number of rotatable bonds is 7. The summed E-state index contributed by atoms with van der Waals surface area (Å²) in [6.07, 6.45) is 0. The van der Waals surface area contributed by atoms with Crippen molar-refractivity contribution in [1.82, 2.24) is 5.32 Å². The molecule has 9 heteroatoms. The number of carbonyl (C=O) groups is 3. The number of ether oxygens (including phenoxy) is 2. The summed E-state index contributed by atoms with van der Waals surface area (Å²) in [4.78, 5) is 35.1. The molecule has 0 aliphatic rings. The lowest BCUT2D eigenvalue weighted by atomic mass is 10.2. The minimum absolute atomic E-state index is 0.248. The van der Waals surface area contributed by atoms with Crippen LogP contribution in [0.25, 0.3) is 0 Å². The topological polar surface area (TPSA) is 93.7 Å². The monoisotopic (exact) mass is 410 g/mol. The van der Waals surface area contributed by atoms with Crippen molar-refractivity contribution < 1.29 is 23.9 Å². The molecular weight excluding hydrogens is 395 g/mol. The Balaban J connectivity index is 1.91. The first-order valence-corrected chi connectivity index (χ1v) is 8.47. The number of halogens is 2. The van der Waals surface area contributed by atoms with Gasteiger partial charge in [0.2, 0.25) is 0 Å². The highest BCUT2D eigenvalue weighted by atomic mass is 35.5. The van der Waals surface area contributed by atoms with Crippen molar-refractivity contribution in [2.45, 2.75) is 0 Å². The van der Waals surface area contributed by atoms with Gasteiger partial charge in [0.25, 0.3) is 11.8 Å².